The van der Waals surface area contributed by atoms with Crippen molar-refractivity contribution in [1.29, 1.82) is 0 Å². The summed E-state index contributed by atoms with van der Waals surface area (Å²) in [6.45, 7) is 0.539. The lowest BCUT2D eigenvalue weighted by Crippen LogP contribution is -2.33. The standard InChI is InChI=1S/C21H19F2N3O3/c1-13-12-18(27)19(25-26(13)16-6-4-3-5-7-16)20(28)24-14(2)15-8-10-17(11-9-15)29-21(22)23/h3-12,14,21H,1-2H3,(H,24,28). The van der Waals surface area contributed by atoms with Crippen LogP contribution in [0.4, 0.5) is 8.78 Å². The number of amides is 1. The fraction of sp³-hybridized carbons (Fsp3) is 0.190. The summed E-state index contributed by atoms with van der Waals surface area (Å²) < 4.78 is 30.3. The molecule has 0 spiro atoms. The van der Waals surface area contributed by atoms with E-state index in [2.05, 4.69) is 15.2 Å². The van der Waals surface area contributed by atoms with E-state index >= 15 is 0 Å². The minimum absolute atomic E-state index is 0.0215. The third-order valence-electron chi connectivity index (χ3n) is 4.28. The van der Waals surface area contributed by atoms with E-state index in [4.69, 9.17) is 0 Å². The smallest absolute Gasteiger partial charge is 0.387 e. The van der Waals surface area contributed by atoms with Crippen molar-refractivity contribution in [2.24, 2.45) is 0 Å². The van der Waals surface area contributed by atoms with Gasteiger partial charge in [0.25, 0.3) is 5.91 Å². The van der Waals surface area contributed by atoms with Gasteiger partial charge in [0, 0.05) is 11.8 Å². The molecule has 3 rings (SSSR count). The van der Waals surface area contributed by atoms with Gasteiger partial charge in [-0.3, -0.25) is 9.59 Å². The quantitative estimate of drug-likeness (QED) is 0.687. The van der Waals surface area contributed by atoms with Crippen molar-refractivity contribution < 1.29 is 18.3 Å². The third kappa shape index (κ3) is 4.84. The summed E-state index contributed by atoms with van der Waals surface area (Å²) in [6, 6.07) is 15.9. The second-order valence-electron chi connectivity index (χ2n) is 6.39. The number of nitrogens with zero attached hydrogens (tertiary/aromatic N) is 2. The van der Waals surface area contributed by atoms with Crippen molar-refractivity contribution in [3.8, 4) is 11.4 Å². The average Bonchev–Trinajstić information content (AvgIpc) is 2.68. The zero-order chi connectivity index (χ0) is 21.0. The number of ether oxygens (including phenoxy) is 1. The minimum Gasteiger partial charge on any atom is -0.435 e. The van der Waals surface area contributed by atoms with Crippen LogP contribution in [0, 0.1) is 6.92 Å². The lowest BCUT2D eigenvalue weighted by molar-refractivity contribution is -0.0498. The number of hydrogen-bond donors (Lipinski definition) is 1. The number of carbonyl (C=O) groups excluding carboxylic acids is 1. The molecule has 0 aliphatic heterocycles. The van der Waals surface area contributed by atoms with Gasteiger partial charge < -0.3 is 10.1 Å². The van der Waals surface area contributed by atoms with Crippen molar-refractivity contribution in [1.82, 2.24) is 15.1 Å². The van der Waals surface area contributed by atoms with Crippen molar-refractivity contribution in [2.75, 3.05) is 0 Å². The SMILES string of the molecule is Cc1cc(=O)c(C(=O)NC(C)c2ccc(OC(F)F)cc2)nn1-c1ccccc1. The first kappa shape index (κ1) is 20.2. The van der Waals surface area contributed by atoms with Gasteiger partial charge in [-0.15, -0.1) is 0 Å². The molecule has 1 unspecified atom stereocenters. The lowest BCUT2D eigenvalue weighted by atomic mass is 10.1. The van der Waals surface area contributed by atoms with Gasteiger partial charge in [-0.1, -0.05) is 30.3 Å². The second kappa shape index (κ2) is 8.64. The highest BCUT2D eigenvalue weighted by molar-refractivity contribution is 5.92. The van der Waals surface area contributed by atoms with Crippen LogP contribution < -0.4 is 15.5 Å². The number of halogens is 2. The molecule has 1 atom stereocenters. The van der Waals surface area contributed by atoms with Crippen LogP contribution in [0.5, 0.6) is 5.75 Å². The van der Waals surface area contributed by atoms with Gasteiger partial charge in [-0.05, 0) is 43.7 Å². The molecule has 0 aliphatic carbocycles. The Morgan fingerprint density at radius 2 is 1.76 bits per heavy atom. The molecule has 0 bridgehead atoms. The Hall–Kier alpha value is -3.55. The Morgan fingerprint density at radius 1 is 1.10 bits per heavy atom. The van der Waals surface area contributed by atoms with E-state index in [1.54, 1.807) is 26.0 Å². The van der Waals surface area contributed by atoms with Crippen LogP contribution in [0.15, 0.2) is 65.5 Å². The lowest BCUT2D eigenvalue weighted by Gasteiger charge is -2.16. The van der Waals surface area contributed by atoms with E-state index in [0.717, 1.165) is 5.69 Å². The molecule has 1 heterocycles. The fourth-order valence-corrected chi connectivity index (χ4v) is 2.82. The van der Waals surface area contributed by atoms with Gasteiger partial charge in [-0.25, -0.2) is 4.68 Å². The van der Waals surface area contributed by atoms with Crippen molar-refractivity contribution in [2.45, 2.75) is 26.5 Å². The Labute approximate surface area is 165 Å². The second-order valence-corrected chi connectivity index (χ2v) is 6.39. The summed E-state index contributed by atoms with van der Waals surface area (Å²) >= 11 is 0. The number of para-hydroxylation sites is 1. The zero-order valence-electron chi connectivity index (χ0n) is 15.8. The highest BCUT2D eigenvalue weighted by atomic mass is 19.3. The summed E-state index contributed by atoms with van der Waals surface area (Å²) in [4.78, 5) is 25.0. The summed E-state index contributed by atoms with van der Waals surface area (Å²) in [5.41, 5.74) is 1.27. The van der Waals surface area contributed by atoms with Gasteiger partial charge in [-0.2, -0.15) is 13.9 Å². The first-order valence-corrected chi connectivity index (χ1v) is 8.87. The van der Waals surface area contributed by atoms with Gasteiger partial charge in [0.1, 0.15) is 5.75 Å². The van der Waals surface area contributed by atoms with E-state index in [0.29, 0.717) is 11.3 Å². The molecule has 8 heteroatoms. The van der Waals surface area contributed by atoms with Crippen molar-refractivity contribution >= 4 is 5.91 Å². The minimum atomic E-state index is -2.91. The van der Waals surface area contributed by atoms with Crippen LogP contribution in [-0.2, 0) is 0 Å². The monoisotopic (exact) mass is 399 g/mol. The molecule has 150 valence electrons. The van der Waals surface area contributed by atoms with Crippen LogP contribution >= 0.6 is 0 Å². The molecular formula is C21H19F2N3O3. The van der Waals surface area contributed by atoms with E-state index in [9.17, 15) is 18.4 Å². The van der Waals surface area contributed by atoms with Gasteiger partial charge >= 0.3 is 6.61 Å². The molecule has 1 amide bonds. The van der Waals surface area contributed by atoms with Crippen molar-refractivity contribution in [3.05, 3.63) is 87.8 Å². The maximum Gasteiger partial charge on any atom is 0.387 e. The maximum absolute atomic E-state index is 12.6. The fourth-order valence-electron chi connectivity index (χ4n) is 2.82. The first-order valence-electron chi connectivity index (χ1n) is 8.87. The molecule has 0 saturated carbocycles. The average molecular weight is 399 g/mol. The van der Waals surface area contributed by atoms with Gasteiger partial charge in [0.2, 0.25) is 5.43 Å². The zero-order valence-corrected chi connectivity index (χ0v) is 15.8. The molecule has 0 fully saturated rings. The Bertz CT molecular complexity index is 1050. The van der Waals surface area contributed by atoms with Gasteiger partial charge in [0.05, 0.1) is 11.7 Å². The van der Waals surface area contributed by atoms with E-state index in [1.807, 2.05) is 30.3 Å². The Balaban J connectivity index is 1.81. The predicted octanol–water partition coefficient (Wildman–Crippen LogP) is 3.63. The van der Waals surface area contributed by atoms with Gasteiger partial charge in [0.15, 0.2) is 5.69 Å². The molecule has 29 heavy (non-hydrogen) atoms. The number of carbonyl (C=O) groups is 1. The molecule has 1 N–H and O–H groups in total. The van der Waals surface area contributed by atoms with Crippen molar-refractivity contribution in [3.63, 3.8) is 0 Å². The van der Waals surface area contributed by atoms with E-state index < -0.39 is 24.0 Å². The van der Waals surface area contributed by atoms with Crippen LogP contribution in [0.25, 0.3) is 5.69 Å². The molecule has 0 saturated heterocycles. The molecule has 2 aromatic carbocycles. The largest absolute Gasteiger partial charge is 0.435 e. The molecule has 3 aromatic rings. The molecule has 0 radical (unpaired) electrons. The number of nitrogens with one attached hydrogen (secondary N) is 1. The molecule has 1 aromatic heterocycles. The molecular weight excluding hydrogens is 380 g/mol. The van der Waals surface area contributed by atoms with E-state index in [-0.39, 0.29) is 11.4 Å². The highest BCUT2D eigenvalue weighted by Crippen LogP contribution is 2.19. The van der Waals surface area contributed by atoms with Crippen LogP contribution in [0.3, 0.4) is 0 Å². The number of alkyl halides is 2. The predicted molar refractivity (Wildman–Crippen MR) is 104 cm³/mol. The normalized spacial score (nSPS) is 11.9. The highest BCUT2D eigenvalue weighted by Gasteiger charge is 2.18. The number of aromatic nitrogens is 2. The molecule has 0 aliphatic rings. The maximum atomic E-state index is 12.6. The number of benzene rings is 2. The third-order valence-corrected chi connectivity index (χ3v) is 4.28. The summed E-state index contributed by atoms with van der Waals surface area (Å²) in [5.74, 6) is -0.603. The van der Waals surface area contributed by atoms with E-state index in [1.165, 1.54) is 22.9 Å². The first-order chi connectivity index (χ1) is 13.8. The summed E-state index contributed by atoms with van der Waals surface area (Å²) in [6.07, 6.45) is 0. The summed E-state index contributed by atoms with van der Waals surface area (Å²) in [7, 11) is 0. The summed E-state index contributed by atoms with van der Waals surface area (Å²) in [5, 5.41) is 6.93. The number of rotatable bonds is 6. The number of aryl methyl sites for hydroxylation is 1. The Morgan fingerprint density at radius 3 is 2.38 bits per heavy atom. The van der Waals surface area contributed by atoms with Crippen LogP contribution in [0.1, 0.15) is 34.7 Å². The molecule has 6 nitrogen and oxygen atoms in total. The van der Waals surface area contributed by atoms with Crippen LogP contribution in [-0.4, -0.2) is 22.3 Å². The van der Waals surface area contributed by atoms with Crippen LogP contribution in [0.2, 0.25) is 0 Å². The Kier molecular flexibility index (Phi) is 6.01. The topological polar surface area (TPSA) is 73.2 Å². The number of hydrogen-bond acceptors (Lipinski definition) is 4.